The highest BCUT2D eigenvalue weighted by atomic mass is 35.5. The second-order valence-corrected chi connectivity index (χ2v) is 6.63. The van der Waals surface area contributed by atoms with E-state index >= 15 is 0 Å². The van der Waals surface area contributed by atoms with Crippen LogP contribution in [-0.4, -0.2) is 41.5 Å². The van der Waals surface area contributed by atoms with E-state index in [2.05, 4.69) is 9.88 Å². The number of ether oxygens (including phenoxy) is 1. The van der Waals surface area contributed by atoms with E-state index in [-0.39, 0.29) is 11.8 Å². The van der Waals surface area contributed by atoms with Gasteiger partial charge < -0.3 is 4.74 Å². The lowest BCUT2D eigenvalue weighted by molar-refractivity contribution is -0.0125. The van der Waals surface area contributed by atoms with Crippen LogP contribution in [0.3, 0.4) is 0 Å². The monoisotopic (exact) mass is 336 g/mol. The van der Waals surface area contributed by atoms with Crippen molar-refractivity contribution in [2.75, 3.05) is 19.8 Å². The van der Waals surface area contributed by atoms with Crippen molar-refractivity contribution in [3.05, 3.63) is 51.4 Å². The summed E-state index contributed by atoms with van der Waals surface area (Å²) in [6.45, 7) is 2.79. The minimum Gasteiger partial charge on any atom is -0.378 e. The zero-order valence-electron chi connectivity index (χ0n) is 12.1. The molecule has 1 atom stereocenters. The molecule has 22 heavy (non-hydrogen) atoms. The van der Waals surface area contributed by atoms with Gasteiger partial charge in [-0.2, -0.15) is 0 Å². The van der Waals surface area contributed by atoms with Crippen molar-refractivity contribution in [2.24, 2.45) is 0 Å². The van der Waals surface area contributed by atoms with Crippen molar-refractivity contribution in [3.8, 4) is 0 Å². The van der Waals surface area contributed by atoms with Gasteiger partial charge in [-0.3, -0.25) is 14.7 Å². The molecule has 0 N–H and O–H groups in total. The van der Waals surface area contributed by atoms with Crippen LogP contribution < -0.4 is 0 Å². The highest BCUT2D eigenvalue weighted by Crippen LogP contribution is 2.22. The van der Waals surface area contributed by atoms with Gasteiger partial charge >= 0.3 is 0 Å². The molecule has 0 radical (unpaired) electrons. The predicted octanol–water partition coefficient (Wildman–Crippen LogP) is 3.27. The topological polar surface area (TPSA) is 42.4 Å². The molecule has 1 saturated heterocycles. The zero-order valence-corrected chi connectivity index (χ0v) is 13.6. The van der Waals surface area contributed by atoms with Crippen LogP contribution in [0.25, 0.3) is 0 Å². The number of hydrogen-bond donors (Lipinski definition) is 0. The number of carbonyl (C=O) groups is 1. The number of thiophene rings is 1. The van der Waals surface area contributed by atoms with E-state index in [0.717, 1.165) is 17.0 Å². The molecule has 0 aliphatic carbocycles. The third-order valence-electron chi connectivity index (χ3n) is 3.80. The van der Waals surface area contributed by atoms with Crippen molar-refractivity contribution in [1.29, 1.82) is 0 Å². The number of rotatable bonds is 5. The normalized spacial score (nSPS) is 19.2. The van der Waals surface area contributed by atoms with Crippen LogP contribution >= 0.6 is 22.9 Å². The van der Waals surface area contributed by atoms with Crippen molar-refractivity contribution in [1.82, 2.24) is 9.88 Å². The molecular formula is C16H17ClN2O2S. The fourth-order valence-electron chi connectivity index (χ4n) is 2.59. The Labute approximate surface area is 138 Å². The quantitative estimate of drug-likeness (QED) is 0.786. The summed E-state index contributed by atoms with van der Waals surface area (Å²) in [5.74, 6) is 0.177. The lowest BCUT2D eigenvalue weighted by atomic mass is 10.1. The minimum absolute atomic E-state index is 0.0904. The third kappa shape index (κ3) is 3.73. The third-order valence-corrected chi connectivity index (χ3v) is 5.05. The largest absolute Gasteiger partial charge is 0.378 e. The van der Waals surface area contributed by atoms with Crippen LogP contribution in [0.1, 0.15) is 21.7 Å². The molecule has 1 fully saturated rings. The summed E-state index contributed by atoms with van der Waals surface area (Å²) < 4.78 is 5.56. The highest BCUT2D eigenvalue weighted by molar-refractivity contribution is 7.12. The Kier molecular flexibility index (Phi) is 5.20. The fraction of sp³-hybridized carbons (Fsp3) is 0.375. The van der Waals surface area contributed by atoms with Gasteiger partial charge in [0.1, 0.15) is 0 Å². The highest BCUT2D eigenvalue weighted by Gasteiger charge is 2.26. The Bertz CT molecular complexity index is 633. The molecule has 1 aliphatic rings. The summed E-state index contributed by atoms with van der Waals surface area (Å²) in [5.41, 5.74) is 1.03. The smallest absolute Gasteiger partial charge is 0.174 e. The summed E-state index contributed by atoms with van der Waals surface area (Å²) in [7, 11) is 0. The lowest BCUT2D eigenvalue weighted by Gasteiger charge is -2.35. The SMILES string of the molecule is O=C(CC1COCCN1Cc1ccncc1Cl)c1cccs1. The van der Waals surface area contributed by atoms with Gasteiger partial charge in [0.05, 0.1) is 23.1 Å². The summed E-state index contributed by atoms with van der Waals surface area (Å²) in [5, 5.41) is 2.59. The van der Waals surface area contributed by atoms with E-state index < -0.39 is 0 Å². The molecule has 0 saturated carbocycles. The number of ketones is 1. The van der Waals surface area contributed by atoms with E-state index in [1.165, 1.54) is 11.3 Å². The molecule has 1 unspecified atom stereocenters. The van der Waals surface area contributed by atoms with Gasteiger partial charge in [0.15, 0.2) is 5.78 Å². The Balaban J connectivity index is 1.69. The average Bonchev–Trinajstić information content (AvgIpc) is 3.06. The number of hydrogen-bond acceptors (Lipinski definition) is 5. The summed E-state index contributed by atoms with van der Waals surface area (Å²) in [4.78, 5) is 19.4. The van der Waals surface area contributed by atoms with Gasteiger partial charge in [0, 0.05) is 37.9 Å². The molecule has 2 aromatic rings. The minimum atomic E-state index is 0.0904. The average molecular weight is 337 g/mol. The number of carbonyl (C=O) groups excluding carboxylic acids is 1. The molecule has 116 valence electrons. The molecule has 6 heteroatoms. The number of aromatic nitrogens is 1. The standard InChI is InChI=1S/C16H17ClN2O2S/c17-14-9-18-4-3-12(14)10-19-5-6-21-11-13(19)8-15(20)16-2-1-7-22-16/h1-4,7,9,13H,5-6,8,10-11H2. The number of Topliss-reactive ketones (excluding diaryl/α,β-unsaturated/α-hetero) is 1. The zero-order chi connectivity index (χ0) is 15.4. The Morgan fingerprint density at radius 3 is 3.18 bits per heavy atom. The summed E-state index contributed by atoms with van der Waals surface area (Å²) >= 11 is 7.68. The van der Waals surface area contributed by atoms with Crippen LogP contribution in [0.2, 0.25) is 5.02 Å². The Morgan fingerprint density at radius 2 is 2.41 bits per heavy atom. The van der Waals surface area contributed by atoms with E-state index in [1.54, 1.807) is 12.4 Å². The fourth-order valence-corrected chi connectivity index (χ4v) is 3.44. The maximum absolute atomic E-state index is 12.3. The van der Waals surface area contributed by atoms with Crippen molar-refractivity contribution in [3.63, 3.8) is 0 Å². The lowest BCUT2D eigenvalue weighted by Crippen LogP contribution is -2.45. The van der Waals surface area contributed by atoms with Crippen molar-refractivity contribution < 1.29 is 9.53 Å². The molecule has 2 aromatic heterocycles. The predicted molar refractivity (Wildman–Crippen MR) is 87.5 cm³/mol. The first-order valence-electron chi connectivity index (χ1n) is 7.21. The van der Waals surface area contributed by atoms with Gasteiger partial charge in [0.25, 0.3) is 0 Å². The van der Waals surface area contributed by atoms with E-state index in [0.29, 0.717) is 31.2 Å². The molecular weight excluding hydrogens is 320 g/mol. The van der Waals surface area contributed by atoms with E-state index in [1.807, 2.05) is 23.6 Å². The first-order chi connectivity index (χ1) is 10.7. The summed E-state index contributed by atoms with van der Waals surface area (Å²) in [6.07, 6.45) is 3.87. The maximum atomic E-state index is 12.3. The number of morpholine rings is 1. The summed E-state index contributed by atoms with van der Waals surface area (Å²) in [6, 6.07) is 5.80. The Hall–Kier alpha value is -1.27. The van der Waals surface area contributed by atoms with Gasteiger partial charge in [-0.15, -0.1) is 11.3 Å². The second kappa shape index (κ2) is 7.33. The van der Waals surface area contributed by atoms with Crippen LogP contribution in [0.4, 0.5) is 0 Å². The van der Waals surface area contributed by atoms with Gasteiger partial charge in [0.2, 0.25) is 0 Å². The molecule has 4 nitrogen and oxygen atoms in total. The molecule has 3 heterocycles. The molecule has 0 amide bonds. The Morgan fingerprint density at radius 1 is 1.50 bits per heavy atom. The number of halogens is 1. The molecule has 0 aromatic carbocycles. The van der Waals surface area contributed by atoms with Crippen LogP contribution in [0, 0.1) is 0 Å². The number of nitrogens with zero attached hydrogens (tertiary/aromatic N) is 2. The van der Waals surface area contributed by atoms with E-state index in [4.69, 9.17) is 16.3 Å². The van der Waals surface area contributed by atoms with Crippen LogP contribution in [0.5, 0.6) is 0 Å². The second-order valence-electron chi connectivity index (χ2n) is 5.27. The maximum Gasteiger partial charge on any atom is 0.174 e. The molecule has 3 rings (SSSR count). The number of pyridine rings is 1. The molecule has 0 spiro atoms. The van der Waals surface area contributed by atoms with Gasteiger partial charge in [-0.05, 0) is 23.1 Å². The van der Waals surface area contributed by atoms with Crippen LogP contribution in [-0.2, 0) is 11.3 Å². The van der Waals surface area contributed by atoms with Crippen LogP contribution in [0.15, 0.2) is 36.0 Å². The van der Waals surface area contributed by atoms with Gasteiger partial charge in [-0.25, -0.2) is 0 Å². The molecule has 0 bridgehead atoms. The van der Waals surface area contributed by atoms with Gasteiger partial charge in [-0.1, -0.05) is 17.7 Å². The van der Waals surface area contributed by atoms with E-state index in [9.17, 15) is 4.79 Å². The van der Waals surface area contributed by atoms with Crippen molar-refractivity contribution >= 4 is 28.7 Å². The first kappa shape index (κ1) is 15.6. The molecule has 1 aliphatic heterocycles. The first-order valence-corrected chi connectivity index (χ1v) is 8.46. The van der Waals surface area contributed by atoms with Crippen molar-refractivity contribution in [2.45, 2.75) is 19.0 Å².